The van der Waals surface area contributed by atoms with Gasteiger partial charge in [-0.1, -0.05) is 38.1 Å². The first kappa shape index (κ1) is 32.0. The maximum atomic E-state index is 14.2. The molecule has 1 amide bonds. The van der Waals surface area contributed by atoms with E-state index in [-0.39, 0.29) is 46.9 Å². The second kappa shape index (κ2) is 13.3. The molecule has 0 unspecified atom stereocenters. The van der Waals surface area contributed by atoms with Crippen molar-refractivity contribution in [2.24, 2.45) is 5.92 Å². The Balaban J connectivity index is 1.62. The van der Waals surface area contributed by atoms with Gasteiger partial charge in [-0.3, -0.25) is 4.79 Å². The highest BCUT2D eigenvalue weighted by atomic mass is 32.2. The van der Waals surface area contributed by atoms with Gasteiger partial charge in [0, 0.05) is 22.9 Å². The third-order valence-electron chi connectivity index (χ3n) is 7.68. The Kier molecular flexibility index (Phi) is 9.48. The molecule has 236 valence electrons. The number of rotatable bonds is 7. The molecule has 5 rings (SSSR count). The summed E-state index contributed by atoms with van der Waals surface area (Å²) in [7, 11) is -4.11. The molecule has 0 saturated heterocycles. The van der Waals surface area contributed by atoms with Gasteiger partial charge in [-0.25, -0.2) is 33.1 Å². The molecule has 10 nitrogen and oxygen atoms in total. The van der Waals surface area contributed by atoms with Crippen LogP contribution in [0.2, 0.25) is 0 Å². The van der Waals surface area contributed by atoms with Gasteiger partial charge < -0.3 is 9.64 Å². The van der Waals surface area contributed by atoms with Gasteiger partial charge in [-0.2, -0.15) is 0 Å². The second-order valence-electron chi connectivity index (χ2n) is 12.2. The first-order valence-electron chi connectivity index (χ1n) is 15.3. The van der Waals surface area contributed by atoms with Gasteiger partial charge in [0.25, 0.3) is 15.9 Å². The Hall–Kier alpha value is -4.38. The predicted molar refractivity (Wildman–Crippen MR) is 173 cm³/mol. The van der Waals surface area contributed by atoms with Crippen LogP contribution in [0.25, 0.3) is 11.3 Å². The zero-order valence-corrected chi connectivity index (χ0v) is 27.4. The number of fused-ring (bicyclic) bond motifs is 4. The van der Waals surface area contributed by atoms with Crippen molar-refractivity contribution < 1.29 is 17.9 Å². The molecule has 0 radical (unpaired) electrons. The molecule has 1 aliphatic rings. The molecule has 1 aliphatic heterocycles. The van der Waals surface area contributed by atoms with E-state index in [0.717, 1.165) is 23.1 Å². The number of nitrogens with zero attached hydrogens (tertiary/aromatic N) is 5. The lowest BCUT2D eigenvalue weighted by Gasteiger charge is -2.33. The molecular weight excluding hydrogens is 588 g/mol. The van der Waals surface area contributed by atoms with E-state index >= 15 is 0 Å². The summed E-state index contributed by atoms with van der Waals surface area (Å²) in [4.78, 5) is 34.2. The summed E-state index contributed by atoms with van der Waals surface area (Å²) in [5.41, 5.74) is 4.57. The van der Waals surface area contributed by atoms with Crippen LogP contribution in [0.4, 0.5) is 5.95 Å². The van der Waals surface area contributed by atoms with Crippen molar-refractivity contribution in [1.82, 2.24) is 24.8 Å². The standard InChI is InChI=1S/C34H40N6O4S/c1-21(2)15-27-14-13-26-17-30(32-23(5)9-7-10-24(32)6)38-34(37-26)39-45(42,43)29-12-8-11-25(16-29)33(41)40(27)20-31-35-18-28(19-36-31)44-22(3)4/h7-12,16-19,21-22,27H,13-15,20H2,1-6H3,(H,37,38,39)/t27-/m0/s1. The van der Waals surface area contributed by atoms with Crippen molar-refractivity contribution in [1.29, 1.82) is 0 Å². The van der Waals surface area contributed by atoms with Crippen LogP contribution in [0, 0.1) is 19.8 Å². The predicted octanol–water partition coefficient (Wildman–Crippen LogP) is 6.14. The number of ether oxygens (including phenoxy) is 1. The Morgan fingerprint density at radius 3 is 2.33 bits per heavy atom. The van der Waals surface area contributed by atoms with Crippen LogP contribution in [-0.2, 0) is 23.0 Å². The lowest BCUT2D eigenvalue weighted by atomic mass is 9.95. The minimum absolute atomic E-state index is 0.00417. The summed E-state index contributed by atoms with van der Waals surface area (Å²) in [6, 6.07) is 13.8. The highest BCUT2D eigenvalue weighted by Crippen LogP contribution is 2.30. The smallest absolute Gasteiger partial charge is 0.264 e. The minimum atomic E-state index is -4.11. The molecule has 1 atom stereocenters. The average Bonchev–Trinajstić information content (AvgIpc) is 2.98. The maximum absolute atomic E-state index is 14.2. The fourth-order valence-corrected chi connectivity index (χ4v) is 6.68. The molecule has 45 heavy (non-hydrogen) atoms. The minimum Gasteiger partial charge on any atom is -0.488 e. The fraction of sp³-hybridized carbons (Fsp3) is 0.382. The van der Waals surface area contributed by atoms with Gasteiger partial charge in [0.15, 0.2) is 5.75 Å². The number of benzene rings is 2. The quantitative estimate of drug-likeness (QED) is 0.259. The van der Waals surface area contributed by atoms with Gasteiger partial charge in [0.1, 0.15) is 5.82 Å². The molecule has 0 saturated carbocycles. The summed E-state index contributed by atoms with van der Waals surface area (Å²) in [5, 5.41) is 0. The number of nitrogens with one attached hydrogen (secondary N) is 1. The van der Waals surface area contributed by atoms with Crippen molar-refractivity contribution in [2.75, 3.05) is 4.72 Å². The lowest BCUT2D eigenvalue weighted by Crippen LogP contribution is -2.41. The van der Waals surface area contributed by atoms with Gasteiger partial charge >= 0.3 is 0 Å². The first-order valence-corrected chi connectivity index (χ1v) is 16.7. The largest absolute Gasteiger partial charge is 0.488 e. The fourth-order valence-electron chi connectivity index (χ4n) is 5.70. The third-order valence-corrected chi connectivity index (χ3v) is 9.00. The van der Waals surface area contributed by atoms with Crippen molar-refractivity contribution in [3.8, 4) is 17.0 Å². The number of carbonyl (C=O) groups is 1. The highest BCUT2D eigenvalue weighted by Gasteiger charge is 2.29. The Morgan fingerprint density at radius 2 is 1.67 bits per heavy atom. The molecule has 2 aromatic carbocycles. The van der Waals surface area contributed by atoms with Gasteiger partial charge in [-0.15, -0.1) is 0 Å². The van der Waals surface area contributed by atoms with E-state index in [1.807, 2.05) is 52.0 Å². The lowest BCUT2D eigenvalue weighted by molar-refractivity contribution is 0.0617. The molecule has 4 bridgehead atoms. The zero-order valence-electron chi connectivity index (χ0n) is 26.6. The van der Waals surface area contributed by atoms with E-state index in [2.05, 4.69) is 38.5 Å². The number of aromatic nitrogens is 4. The molecule has 2 aromatic heterocycles. The van der Waals surface area contributed by atoms with E-state index in [4.69, 9.17) is 4.74 Å². The molecule has 11 heteroatoms. The normalized spacial score (nSPS) is 16.5. The summed E-state index contributed by atoms with van der Waals surface area (Å²) in [6.07, 6.45) is 5.01. The van der Waals surface area contributed by atoms with Gasteiger partial charge in [-0.05, 0) is 88.3 Å². The van der Waals surface area contributed by atoms with Crippen LogP contribution in [-0.4, -0.2) is 51.3 Å². The van der Waals surface area contributed by atoms with Crippen LogP contribution >= 0.6 is 0 Å². The second-order valence-corrected chi connectivity index (χ2v) is 13.9. The van der Waals surface area contributed by atoms with Crippen molar-refractivity contribution in [2.45, 2.75) is 84.4 Å². The summed E-state index contributed by atoms with van der Waals surface area (Å²) in [6.45, 7) is 12.3. The molecule has 4 aromatic rings. The Morgan fingerprint density at radius 1 is 0.978 bits per heavy atom. The van der Waals surface area contributed by atoms with E-state index in [1.165, 1.54) is 12.1 Å². The number of aryl methyl sites for hydroxylation is 3. The van der Waals surface area contributed by atoms with E-state index in [9.17, 15) is 13.2 Å². The van der Waals surface area contributed by atoms with Crippen molar-refractivity contribution >= 4 is 21.9 Å². The van der Waals surface area contributed by atoms with Crippen molar-refractivity contribution in [3.05, 3.63) is 89.1 Å². The van der Waals surface area contributed by atoms with Gasteiger partial charge in [0.05, 0.1) is 35.6 Å². The first-order chi connectivity index (χ1) is 21.4. The monoisotopic (exact) mass is 628 g/mol. The maximum Gasteiger partial charge on any atom is 0.264 e. The molecule has 1 N–H and O–H groups in total. The number of hydrogen-bond donors (Lipinski definition) is 1. The van der Waals surface area contributed by atoms with Gasteiger partial charge in [0.2, 0.25) is 5.95 Å². The van der Waals surface area contributed by atoms with E-state index in [0.29, 0.717) is 35.8 Å². The van der Waals surface area contributed by atoms with Crippen LogP contribution in [0.15, 0.2) is 65.8 Å². The zero-order chi connectivity index (χ0) is 32.3. The van der Waals surface area contributed by atoms with Crippen molar-refractivity contribution in [3.63, 3.8) is 0 Å². The summed E-state index contributed by atoms with van der Waals surface area (Å²) >= 11 is 0. The average molecular weight is 629 g/mol. The highest BCUT2D eigenvalue weighted by molar-refractivity contribution is 7.92. The SMILES string of the molecule is Cc1cccc(C)c1-c1cc2nc(n1)NS(=O)(=O)c1cccc(c1)C(=O)N(Cc1ncc(OC(C)C)cn1)[C@H](CC(C)C)CC2. The van der Waals surface area contributed by atoms with Crippen LogP contribution in [0.1, 0.15) is 73.5 Å². The molecular formula is C34H40N6O4S. The van der Waals surface area contributed by atoms with Crippen LogP contribution in [0.5, 0.6) is 5.75 Å². The number of amides is 1. The Labute approximate surface area is 265 Å². The molecule has 3 heterocycles. The number of sulfonamides is 1. The van der Waals surface area contributed by atoms with E-state index in [1.54, 1.807) is 29.4 Å². The number of carbonyl (C=O) groups excluding carboxylic acids is 1. The molecule has 0 aliphatic carbocycles. The Bertz CT molecular complexity index is 1770. The van der Waals surface area contributed by atoms with Crippen LogP contribution in [0.3, 0.4) is 0 Å². The molecule has 0 spiro atoms. The number of hydrogen-bond acceptors (Lipinski definition) is 8. The topological polar surface area (TPSA) is 127 Å². The molecule has 0 fully saturated rings. The summed E-state index contributed by atoms with van der Waals surface area (Å²) < 4.78 is 35.5. The number of anilines is 1. The third kappa shape index (κ3) is 7.65. The summed E-state index contributed by atoms with van der Waals surface area (Å²) in [5.74, 6) is 0.994. The van der Waals surface area contributed by atoms with E-state index < -0.39 is 10.0 Å². The van der Waals surface area contributed by atoms with Crippen LogP contribution < -0.4 is 9.46 Å².